The van der Waals surface area contributed by atoms with Crippen molar-refractivity contribution in [3.05, 3.63) is 59.4 Å². The highest BCUT2D eigenvalue weighted by Gasteiger charge is 2.39. The van der Waals surface area contributed by atoms with Gasteiger partial charge in [0.1, 0.15) is 11.3 Å². The maximum absolute atomic E-state index is 13.9. The van der Waals surface area contributed by atoms with Gasteiger partial charge in [0.25, 0.3) is 0 Å². The van der Waals surface area contributed by atoms with Crippen molar-refractivity contribution in [1.29, 1.82) is 0 Å². The van der Waals surface area contributed by atoms with Gasteiger partial charge >= 0.3 is 6.18 Å². The second kappa shape index (κ2) is 10.4. The molecule has 1 fully saturated rings. The number of methoxy groups -OCH3 is 1. The van der Waals surface area contributed by atoms with Gasteiger partial charge < -0.3 is 24.4 Å². The number of aromatic nitrogens is 4. The summed E-state index contributed by atoms with van der Waals surface area (Å²) in [7, 11) is 2.99. The molecule has 0 unspecified atom stereocenters. The highest BCUT2D eigenvalue weighted by molar-refractivity contribution is 5.88. The van der Waals surface area contributed by atoms with E-state index >= 15 is 0 Å². The number of ether oxygens (including phenoxy) is 1. The monoisotopic (exact) mass is 581 g/mol. The average molecular weight is 582 g/mol. The standard InChI is InChI=1S/C31H38F3N7O/c1-19-9-10-20(29(2,3)4)17-23(19)35-25-24-26(36-27(39(24)7)31(32,33)34)38-28(37-25)40-15-16-41(30(5,6)18-40)21-11-13-22(42-8)14-12-21/h9-14,17H,15-16,18H2,1-8H3,(H,35,37,38). The normalized spacial score (nSPS) is 15.8. The first-order valence-corrected chi connectivity index (χ1v) is 13.9. The summed E-state index contributed by atoms with van der Waals surface area (Å²) in [5.41, 5.74) is 3.64. The van der Waals surface area contributed by atoms with Crippen LogP contribution in [0.2, 0.25) is 0 Å². The fraction of sp³-hybridized carbons (Fsp3) is 0.452. The van der Waals surface area contributed by atoms with Gasteiger partial charge in [-0.15, -0.1) is 0 Å². The van der Waals surface area contributed by atoms with Crippen LogP contribution in [0.25, 0.3) is 11.2 Å². The van der Waals surface area contributed by atoms with Crippen LogP contribution in [0.15, 0.2) is 42.5 Å². The zero-order valence-corrected chi connectivity index (χ0v) is 25.4. The summed E-state index contributed by atoms with van der Waals surface area (Å²) < 4.78 is 48.1. The van der Waals surface area contributed by atoms with Gasteiger partial charge in [0, 0.05) is 38.1 Å². The Morgan fingerprint density at radius 2 is 1.64 bits per heavy atom. The molecule has 0 aliphatic carbocycles. The molecule has 224 valence electrons. The van der Waals surface area contributed by atoms with E-state index in [0.717, 1.165) is 32.8 Å². The average Bonchev–Trinajstić information content (AvgIpc) is 3.26. The van der Waals surface area contributed by atoms with Crippen LogP contribution in [0, 0.1) is 6.92 Å². The van der Waals surface area contributed by atoms with Crippen molar-refractivity contribution in [2.45, 2.75) is 58.7 Å². The number of benzene rings is 2. The molecule has 0 bridgehead atoms. The second-order valence-corrected chi connectivity index (χ2v) is 12.5. The number of rotatable bonds is 5. The lowest BCUT2D eigenvalue weighted by Crippen LogP contribution is -2.60. The van der Waals surface area contributed by atoms with Gasteiger partial charge in [-0.05, 0) is 67.6 Å². The summed E-state index contributed by atoms with van der Waals surface area (Å²) >= 11 is 0. The van der Waals surface area contributed by atoms with Gasteiger partial charge in [0.2, 0.25) is 11.8 Å². The Balaban J connectivity index is 1.56. The Hall–Kier alpha value is -4.02. The van der Waals surface area contributed by atoms with Gasteiger partial charge in [0.05, 0.1) is 12.6 Å². The molecule has 2 aromatic carbocycles. The van der Waals surface area contributed by atoms with Crippen LogP contribution in [-0.4, -0.2) is 51.8 Å². The molecule has 11 heteroatoms. The molecule has 4 aromatic rings. The number of nitrogens with one attached hydrogen (secondary N) is 1. The molecule has 0 amide bonds. The van der Waals surface area contributed by atoms with E-state index in [4.69, 9.17) is 9.72 Å². The largest absolute Gasteiger partial charge is 0.497 e. The van der Waals surface area contributed by atoms with E-state index in [1.807, 2.05) is 48.2 Å². The van der Waals surface area contributed by atoms with Crippen molar-refractivity contribution in [2.24, 2.45) is 7.05 Å². The maximum atomic E-state index is 13.9. The lowest BCUT2D eigenvalue weighted by atomic mass is 9.86. The molecule has 1 aliphatic heterocycles. The van der Waals surface area contributed by atoms with E-state index < -0.39 is 12.0 Å². The quantitative estimate of drug-likeness (QED) is 0.277. The zero-order chi connectivity index (χ0) is 30.6. The van der Waals surface area contributed by atoms with Crippen LogP contribution in [0.4, 0.5) is 36.3 Å². The van der Waals surface area contributed by atoms with Gasteiger partial charge in [0.15, 0.2) is 11.5 Å². The summed E-state index contributed by atoms with van der Waals surface area (Å²) in [4.78, 5) is 17.7. The fourth-order valence-corrected chi connectivity index (χ4v) is 5.50. The SMILES string of the molecule is COc1ccc(N2CCN(c3nc(Nc4cc(C(C)(C)C)ccc4C)c4c(n3)nc(C(F)(F)F)n4C)CC2(C)C)cc1. The molecule has 1 aliphatic rings. The minimum absolute atomic E-state index is 0.00246. The maximum Gasteiger partial charge on any atom is 0.449 e. The van der Waals surface area contributed by atoms with Crippen molar-refractivity contribution >= 4 is 34.3 Å². The smallest absolute Gasteiger partial charge is 0.449 e. The van der Waals surface area contributed by atoms with E-state index in [9.17, 15) is 13.2 Å². The highest BCUT2D eigenvalue weighted by atomic mass is 19.4. The summed E-state index contributed by atoms with van der Waals surface area (Å²) in [6.45, 7) is 14.4. The Morgan fingerprint density at radius 3 is 2.24 bits per heavy atom. The lowest BCUT2D eigenvalue weighted by Gasteiger charge is -2.48. The van der Waals surface area contributed by atoms with Gasteiger partial charge in [-0.2, -0.15) is 23.1 Å². The minimum atomic E-state index is -4.64. The van der Waals surface area contributed by atoms with Crippen molar-refractivity contribution in [1.82, 2.24) is 19.5 Å². The molecule has 42 heavy (non-hydrogen) atoms. The second-order valence-electron chi connectivity index (χ2n) is 12.5. The molecule has 0 atom stereocenters. The Kier molecular flexibility index (Phi) is 7.27. The zero-order valence-electron chi connectivity index (χ0n) is 25.4. The number of hydrogen-bond acceptors (Lipinski definition) is 7. The molecule has 2 aromatic heterocycles. The molecule has 3 heterocycles. The molecule has 0 spiro atoms. The van der Waals surface area contributed by atoms with Crippen LogP contribution >= 0.6 is 0 Å². The third-order valence-corrected chi connectivity index (χ3v) is 7.90. The first-order chi connectivity index (χ1) is 19.6. The molecular formula is C31H38F3N7O. The third kappa shape index (κ3) is 5.56. The van der Waals surface area contributed by atoms with Gasteiger partial charge in [-0.3, -0.25) is 0 Å². The number of imidazole rings is 1. The van der Waals surface area contributed by atoms with E-state index in [0.29, 0.717) is 25.6 Å². The molecule has 5 rings (SSSR count). The van der Waals surface area contributed by atoms with Crippen molar-refractivity contribution < 1.29 is 17.9 Å². The summed E-state index contributed by atoms with van der Waals surface area (Å²) in [6, 6.07) is 14.0. The number of fused-ring (bicyclic) bond motifs is 1. The van der Waals surface area contributed by atoms with Crippen LogP contribution in [-0.2, 0) is 18.6 Å². The molecule has 1 saturated heterocycles. The molecular weight excluding hydrogens is 543 g/mol. The molecule has 0 radical (unpaired) electrons. The fourth-order valence-electron chi connectivity index (χ4n) is 5.50. The van der Waals surface area contributed by atoms with E-state index in [2.05, 4.69) is 60.9 Å². The lowest BCUT2D eigenvalue weighted by molar-refractivity contribution is -0.146. The van der Waals surface area contributed by atoms with Crippen molar-refractivity contribution in [3.63, 3.8) is 0 Å². The molecule has 0 saturated carbocycles. The number of alkyl halides is 3. The van der Waals surface area contributed by atoms with E-state index in [1.165, 1.54) is 7.05 Å². The number of hydrogen-bond donors (Lipinski definition) is 1. The number of nitrogens with zero attached hydrogens (tertiary/aromatic N) is 6. The first kappa shape index (κ1) is 29.5. The van der Waals surface area contributed by atoms with Crippen LogP contribution in [0.5, 0.6) is 5.75 Å². The number of aryl methyl sites for hydroxylation is 2. The highest BCUT2D eigenvalue weighted by Crippen LogP contribution is 2.37. The molecule has 1 N–H and O–H groups in total. The van der Waals surface area contributed by atoms with Gasteiger partial charge in [-0.25, -0.2) is 4.98 Å². The van der Waals surface area contributed by atoms with E-state index in [-0.39, 0.29) is 27.9 Å². The molecule has 8 nitrogen and oxygen atoms in total. The predicted molar refractivity (Wildman–Crippen MR) is 161 cm³/mol. The summed E-state index contributed by atoms with van der Waals surface area (Å²) in [5, 5.41) is 3.35. The minimum Gasteiger partial charge on any atom is -0.497 e. The number of piperazine rings is 1. The number of anilines is 4. The van der Waals surface area contributed by atoms with Crippen LogP contribution < -0.4 is 19.9 Å². The van der Waals surface area contributed by atoms with Crippen molar-refractivity contribution in [3.8, 4) is 5.75 Å². The number of halogens is 3. The first-order valence-electron chi connectivity index (χ1n) is 13.9. The van der Waals surface area contributed by atoms with Crippen LogP contribution in [0.3, 0.4) is 0 Å². The van der Waals surface area contributed by atoms with Crippen molar-refractivity contribution in [2.75, 3.05) is 41.9 Å². The Labute approximate surface area is 244 Å². The Bertz CT molecular complexity index is 1600. The summed E-state index contributed by atoms with van der Waals surface area (Å²) in [6.07, 6.45) is -4.64. The summed E-state index contributed by atoms with van der Waals surface area (Å²) in [5.74, 6) is 0.388. The third-order valence-electron chi connectivity index (χ3n) is 7.90. The van der Waals surface area contributed by atoms with Crippen LogP contribution in [0.1, 0.15) is 51.6 Å². The predicted octanol–water partition coefficient (Wildman–Crippen LogP) is 6.85. The topological polar surface area (TPSA) is 71.3 Å². The van der Waals surface area contributed by atoms with Gasteiger partial charge in [-0.1, -0.05) is 32.9 Å². The Morgan fingerprint density at radius 1 is 0.952 bits per heavy atom. The van der Waals surface area contributed by atoms with E-state index in [1.54, 1.807) is 7.11 Å².